The Morgan fingerprint density at radius 3 is 1.94 bits per heavy atom. The third kappa shape index (κ3) is 4.09. The molecule has 1 fully saturated rings. The maximum absolute atomic E-state index is 11.5. The van der Waals surface area contributed by atoms with E-state index in [4.69, 9.17) is 46.3 Å². The topological polar surface area (TPSA) is 86.2 Å². The second-order valence-electron chi connectivity index (χ2n) is 4.08. The molecular formula is C9H13Cl3N2O2S. The molecule has 0 unspecified atom stereocenters. The van der Waals surface area contributed by atoms with E-state index in [1.807, 2.05) is 0 Å². The van der Waals surface area contributed by atoms with Crippen molar-refractivity contribution in [1.82, 2.24) is 0 Å². The highest BCUT2D eigenvalue weighted by atomic mass is 35.6. The van der Waals surface area contributed by atoms with Gasteiger partial charge in [-0.05, 0) is 25.7 Å². The SMILES string of the molecule is NC(=O)C1CCC(SC(Cl)(Cl)Cl)(C(N)=O)CC1. The summed E-state index contributed by atoms with van der Waals surface area (Å²) in [5.41, 5.74) is 10.6. The molecule has 0 atom stereocenters. The van der Waals surface area contributed by atoms with Gasteiger partial charge < -0.3 is 11.5 Å². The summed E-state index contributed by atoms with van der Waals surface area (Å²) in [7, 11) is 0. The van der Waals surface area contributed by atoms with Crippen LogP contribution in [0, 0.1) is 5.92 Å². The Morgan fingerprint density at radius 1 is 1.18 bits per heavy atom. The van der Waals surface area contributed by atoms with Crippen LogP contribution >= 0.6 is 46.6 Å². The van der Waals surface area contributed by atoms with Crippen LogP contribution < -0.4 is 11.5 Å². The van der Waals surface area contributed by atoms with E-state index in [2.05, 4.69) is 0 Å². The maximum Gasteiger partial charge on any atom is 0.238 e. The van der Waals surface area contributed by atoms with Gasteiger partial charge in [-0.15, -0.1) is 0 Å². The standard InChI is InChI=1S/C9H13Cl3N2O2S/c10-9(11,12)17-8(7(14)16)3-1-5(2-4-8)6(13)15/h5H,1-4H2,(H2,13,15)(H2,14,16). The van der Waals surface area contributed by atoms with Crippen LogP contribution in [-0.4, -0.2) is 19.7 Å². The number of hydrogen-bond donors (Lipinski definition) is 2. The van der Waals surface area contributed by atoms with Gasteiger partial charge in [0.25, 0.3) is 0 Å². The molecule has 4 nitrogen and oxygen atoms in total. The summed E-state index contributed by atoms with van der Waals surface area (Å²) < 4.78 is -2.52. The molecule has 0 radical (unpaired) electrons. The Bertz CT molecular complexity index is 325. The molecule has 2 amide bonds. The quantitative estimate of drug-likeness (QED) is 0.779. The average molecular weight is 320 g/mol. The van der Waals surface area contributed by atoms with Crippen molar-refractivity contribution in [3.63, 3.8) is 0 Å². The summed E-state index contributed by atoms with van der Waals surface area (Å²) in [6.07, 6.45) is 1.78. The Labute approximate surface area is 119 Å². The molecule has 0 aromatic carbocycles. The van der Waals surface area contributed by atoms with Crippen LogP contribution in [0.5, 0.6) is 0 Å². The van der Waals surface area contributed by atoms with Crippen LogP contribution in [0.25, 0.3) is 0 Å². The van der Waals surface area contributed by atoms with Crippen LogP contribution in [0.1, 0.15) is 25.7 Å². The van der Waals surface area contributed by atoms with Crippen molar-refractivity contribution < 1.29 is 9.59 Å². The smallest absolute Gasteiger partial charge is 0.238 e. The highest BCUT2D eigenvalue weighted by Gasteiger charge is 2.46. The number of thioether (sulfide) groups is 1. The second kappa shape index (κ2) is 5.43. The van der Waals surface area contributed by atoms with Crippen molar-refractivity contribution in [2.45, 2.75) is 33.6 Å². The van der Waals surface area contributed by atoms with Crippen molar-refractivity contribution in [3.8, 4) is 0 Å². The van der Waals surface area contributed by atoms with Gasteiger partial charge in [-0.3, -0.25) is 9.59 Å². The highest BCUT2D eigenvalue weighted by Crippen LogP contribution is 2.52. The number of carbonyl (C=O) groups is 2. The Hall–Kier alpha value is 0.160. The van der Waals surface area contributed by atoms with Gasteiger partial charge in [-0.1, -0.05) is 46.6 Å². The van der Waals surface area contributed by atoms with Crippen molar-refractivity contribution in [2.24, 2.45) is 17.4 Å². The van der Waals surface area contributed by atoms with E-state index in [0.717, 1.165) is 11.8 Å². The third-order valence-corrected chi connectivity index (χ3v) is 4.88. The van der Waals surface area contributed by atoms with Crippen molar-refractivity contribution >= 4 is 58.4 Å². The van der Waals surface area contributed by atoms with E-state index >= 15 is 0 Å². The van der Waals surface area contributed by atoms with Gasteiger partial charge in [0.05, 0.1) is 4.75 Å². The fourth-order valence-corrected chi connectivity index (χ4v) is 4.30. The molecule has 98 valence electrons. The fourth-order valence-electron chi connectivity index (χ4n) is 1.99. The lowest BCUT2D eigenvalue weighted by Gasteiger charge is -2.37. The molecule has 17 heavy (non-hydrogen) atoms. The summed E-state index contributed by atoms with van der Waals surface area (Å²) in [4.78, 5) is 22.6. The zero-order valence-electron chi connectivity index (χ0n) is 8.92. The second-order valence-corrected chi connectivity index (χ2v) is 8.63. The normalized spacial score (nSPS) is 29.9. The minimum atomic E-state index is -1.60. The summed E-state index contributed by atoms with van der Waals surface area (Å²) >= 11 is 18.0. The van der Waals surface area contributed by atoms with Crippen LogP contribution in [0.3, 0.4) is 0 Å². The minimum Gasteiger partial charge on any atom is -0.369 e. The van der Waals surface area contributed by atoms with E-state index in [9.17, 15) is 9.59 Å². The first-order valence-corrected chi connectivity index (χ1v) is 6.97. The summed E-state index contributed by atoms with van der Waals surface area (Å²) in [6.45, 7) is 0. The van der Waals surface area contributed by atoms with Gasteiger partial charge in [0.2, 0.25) is 14.9 Å². The minimum absolute atomic E-state index is 0.224. The lowest BCUT2D eigenvalue weighted by atomic mass is 9.80. The highest BCUT2D eigenvalue weighted by molar-refractivity contribution is 8.06. The number of halogens is 3. The van der Waals surface area contributed by atoms with Crippen molar-refractivity contribution in [1.29, 1.82) is 0 Å². The van der Waals surface area contributed by atoms with Crippen LogP contribution in [-0.2, 0) is 9.59 Å². The first kappa shape index (κ1) is 15.2. The van der Waals surface area contributed by atoms with Gasteiger partial charge >= 0.3 is 0 Å². The molecule has 1 aliphatic carbocycles. The lowest BCUT2D eigenvalue weighted by molar-refractivity contribution is -0.126. The summed E-state index contributed by atoms with van der Waals surface area (Å²) in [6, 6.07) is 0. The number of hydrogen-bond acceptors (Lipinski definition) is 3. The molecule has 0 aliphatic heterocycles. The molecule has 4 N–H and O–H groups in total. The number of alkyl halides is 3. The number of primary amides is 2. The molecule has 0 aromatic heterocycles. The van der Waals surface area contributed by atoms with Crippen LogP contribution in [0.4, 0.5) is 0 Å². The molecule has 0 saturated heterocycles. The number of rotatable bonds is 3. The number of carbonyl (C=O) groups excluding carboxylic acids is 2. The molecule has 0 heterocycles. The van der Waals surface area contributed by atoms with E-state index in [1.54, 1.807) is 0 Å². The monoisotopic (exact) mass is 318 g/mol. The molecule has 0 bridgehead atoms. The molecule has 0 aromatic rings. The molecule has 1 rings (SSSR count). The molecule has 0 spiro atoms. The predicted molar refractivity (Wildman–Crippen MR) is 71.0 cm³/mol. The van der Waals surface area contributed by atoms with E-state index < -0.39 is 13.8 Å². The summed E-state index contributed by atoms with van der Waals surface area (Å²) in [5, 5.41) is 0. The van der Waals surface area contributed by atoms with Gasteiger partial charge in [0.15, 0.2) is 0 Å². The Balaban J connectivity index is 2.77. The number of nitrogens with two attached hydrogens (primary N) is 2. The van der Waals surface area contributed by atoms with Gasteiger partial charge in [-0.2, -0.15) is 0 Å². The Kier molecular flexibility index (Phi) is 4.86. The first-order valence-electron chi connectivity index (χ1n) is 5.02. The van der Waals surface area contributed by atoms with E-state index in [-0.39, 0.29) is 11.8 Å². The fraction of sp³-hybridized carbons (Fsp3) is 0.778. The van der Waals surface area contributed by atoms with Gasteiger partial charge in [0, 0.05) is 5.92 Å². The van der Waals surface area contributed by atoms with Gasteiger partial charge in [-0.25, -0.2) is 0 Å². The number of amides is 2. The molecular weight excluding hydrogens is 307 g/mol. The lowest BCUT2D eigenvalue weighted by Crippen LogP contribution is -2.46. The average Bonchev–Trinajstić information content (AvgIpc) is 2.15. The van der Waals surface area contributed by atoms with E-state index in [1.165, 1.54) is 0 Å². The van der Waals surface area contributed by atoms with Crippen LogP contribution in [0.2, 0.25) is 0 Å². The molecule has 1 saturated carbocycles. The summed E-state index contributed by atoms with van der Waals surface area (Å²) in [5.74, 6) is -1.10. The van der Waals surface area contributed by atoms with Crippen molar-refractivity contribution in [2.75, 3.05) is 0 Å². The maximum atomic E-state index is 11.5. The predicted octanol–water partition coefficient (Wildman–Crippen LogP) is 1.95. The van der Waals surface area contributed by atoms with Crippen molar-refractivity contribution in [3.05, 3.63) is 0 Å². The van der Waals surface area contributed by atoms with Crippen LogP contribution in [0.15, 0.2) is 0 Å². The Morgan fingerprint density at radius 2 is 1.65 bits per heavy atom. The van der Waals surface area contributed by atoms with E-state index in [0.29, 0.717) is 25.7 Å². The zero-order valence-corrected chi connectivity index (χ0v) is 12.0. The molecule has 8 heteroatoms. The molecule has 1 aliphatic rings. The largest absolute Gasteiger partial charge is 0.369 e. The first-order chi connectivity index (χ1) is 7.66. The third-order valence-electron chi connectivity index (χ3n) is 2.96. The van der Waals surface area contributed by atoms with Gasteiger partial charge in [0.1, 0.15) is 0 Å². The zero-order chi connectivity index (χ0) is 13.3.